The Hall–Kier alpha value is -1.32. The lowest BCUT2D eigenvalue weighted by Crippen LogP contribution is -2.17. The molecule has 0 aliphatic heterocycles. The van der Waals surface area contributed by atoms with Crippen molar-refractivity contribution < 1.29 is 4.74 Å². The number of methoxy groups -OCH3 is 1. The van der Waals surface area contributed by atoms with Crippen LogP contribution in [0.1, 0.15) is 32.0 Å². The number of nitrogens with one attached hydrogen (secondary N) is 1. The van der Waals surface area contributed by atoms with E-state index < -0.39 is 0 Å². The molecule has 1 unspecified atom stereocenters. The first-order chi connectivity index (χ1) is 7.67. The zero-order chi connectivity index (χ0) is 11.5. The van der Waals surface area contributed by atoms with Crippen LogP contribution in [0.25, 0.3) is 0 Å². The van der Waals surface area contributed by atoms with E-state index in [-0.39, 0.29) is 0 Å². The van der Waals surface area contributed by atoms with Crippen LogP contribution in [0.3, 0.4) is 0 Å². The lowest BCUT2D eigenvalue weighted by molar-refractivity contribution is 0.396. The summed E-state index contributed by atoms with van der Waals surface area (Å²) < 4.78 is 5.12. The normalized spacial score (nSPS) is 16.9. The predicted octanol–water partition coefficient (Wildman–Crippen LogP) is 2.39. The summed E-state index contributed by atoms with van der Waals surface area (Å²) in [6.07, 6.45) is 4.00. The molecule has 1 heterocycles. The molecule has 1 aromatic heterocycles. The van der Waals surface area contributed by atoms with Crippen LogP contribution in [0, 0.1) is 12.8 Å². The second-order valence-corrected chi connectivity index (χ2v) is 4.57. The number of rotatable bonds is 5. The molecule has 1 saturated carbocycles. The minimum atomic E-state index is 0.464. The molecule has 16 heavy (non-hydrogen) atoms. The predicted molar refractivity (Wildman–Crippen MR) is 63.7 cm³/mol. The molecule has 4 heteroatoms. The SMILES string of the molecule is COc1cc(NC(C)CC2CC2)nc(C)n1. The molecule has 88 valence electrons. The van der Waals surface area contributed by atoms with Gasteiger partial charge in [0.05, 0.1) is 7.11 Å². The smallest absolute Gasteiger partial charge is 0.218 e. The summed E-state index contributed by atoms with van der Waals surface area (Å²) in [5, 5.41) is 3.40. The van der Waals surface area contributed by atoms with E-state index in [0.29, 0.717) is 11.9 Å². The highest BCUT2D eigenvalue weighted by atomic mass is 16.5. The summed E-state index contributed by atoms with van der Waals surface area (Å²) in [7, 11) is 1.62. The molecule has 0 bridgehead atoms. The molecule has 1 aliphatic carbocycles. The van der Waals surface area contributed by atoms with Gasteiger partial charge in [-0.05, 0) is 26.2 Å². The molecule has 0 aromatic carbocycles. The van der Waals surface area contributed by atoms with Crippen molar-refractivity contribution in [3.63, 3.8) is 0 Å². The Bertz CT molecular complexity index is 363. The molecule has 1 atom stereocenters. The molecule has 2 rings (SSSR count). The third kappa shape index (κ3) is 3.08. The van der Waals surface area contributed by atoms with Crippen LogP contribution in [0.5, 0.6) is 5.88 Å². The maximum absolute atomic E-state index is 5.12. The number of ether oxygens (including phenoxy) is 1. The van der Waals surface area contributed by atoms with Crippen molar-refractivity contribution in [3.8, 4) is 5.88 Å². The van der Waals surface area contributed by atoms with Crippen molar-refractivity contribution in [1.82, 2.24) is 9.97 Å². The number of hydrogen-bond acceptors (Lipinski definition) is 4. The second-order valence-electron chi connectivity index (χ2n) is 4.57. The Morgan fingerprint density at radius 3 is 2.88 bits per heavy atom. The van der Waals surface area contributed by atoms with E-state index in [0.717, 1.165) is 17.6 Å². The highest BCUT2D eigenvalue weighted by Crippen LogP contribution is 2.34. The minimum Gasteiger partial charge on any atom is -0.481 e. The van der Waals surface area contributed by atoms with Crippen LogP contribution in [-0.2, 0) is 0 Å². The van der Waals surface area contributed by atoms with Crippen LogP contribution < -0.4 is 10.1 Å². The van der Waals surface area contributed by atoms with Gasteiger partial charge < -0.3 is 10.1 Å². The van der Waals surface area contributed by atoms with Gasteiger partial charge in [0, 0.05) is 12.1 Å². The van der Waals surface area contributed by atoms with Gasteiger partial charge in [0.15, 0.2) is 0 Å². The first-order valence-electron chi connectivity index (χ1n) is 5.83. The molecule has 1 N–H and O–H groups in total. The van der Waals surface area contributed by atoms with Crippen LogP contribution in [0.2, 0.25) is 0 Å². The molecule has 0 radical (unpaired) electrons. The lowest BCUT2D eigenvalue weighted by atomic mass is 10.1. The van der Waals surface area contributed by atoms with Crippen LogP contribution >= 0.6 is 0 Å². The summed E-state index contributed by atoms with van der Waals surface area (Å²) in [5.74, 6) is 3.14. The molecular formula is C12H19N3O. The second kappa shape index (κ2) is 4.68. The van der Waals surface area contributed by atoms with Gasteiger partial charge in [-0.25, -0.2) is 4.98 Å². The van der Waals surface area contributed by atoms with E-state index in [4.69, 9.17) is 4.74 Å². The maximum atomic E-state index is 5.12. The minimum absolute atomic E-state index is 0.464. The quantitative estimate of drug-likeness (QED) is 0.829. The van der Waals surface area contributed by atoms with Crippen molar-refractivity contribution in [2.24, 2.45) is 5.92 Å². The Balaban J connectivity index is 1.98. The van der Waals surface area contributed by atoms with Gasteiger partial charge in [-0.2, -0.15) is 4.98 Å². The van der Waals surface area contributed by atoms with Gasteiger partial charge in [-0.15, -0.1) is 0 Å². The van der Waals surface area contributed by atoms with E-state index >= 15 is 0 Å². The first-order valence-corrected chi connectivity index (χ1v) is 5.83. The van der Waals surface area contributed by atoms with Crippen LogP contribution in [0.15, 0.2) is 6.07 Å². The summed E-state index contributed by atoms with van der Waals surface area (Å²) >= 11 is 0. The fraction of sp³-hybridized carbons (Fsp3) is 0.667. The molecule has 1 aliphatic rings. The largest absolute Gasteiger partial charge is 0.481 e. The molecule has 4 nitrogen and oxygen atoms in total. The van der Waals surface area contributed by atoms with Crippen molar-refractivity contribution >= 4 is 5.82 Å². The van der Waals surface area contributed by atoms with E-state index in [1.165, 1.54) is 19.3 Å². The number of hydrogen-bond donors (Lipinski definition) is 1. The molecule has 0 spiro atoms. The summed E-state index contributed by atoms with van der Waals surface area (Å²) in [4.78, 5) is 8.51. The van der Waals surface area contributed by atoms with Gasteiger partial charge in [0.2, 0.25) is 5.88 Å². The Morgan fingerprint density at radius 2 is 2.25 bits per heavy atom. The van der Waals surface area contributed by atoms with E-state index in [1.807, 2.05) is 13.0 Å². The zero-order valence-electron chi connectivity index (χ0n) is 10.2. The molecule has 1 aromatic rings. The molecular weight excluding hydrogens is 202 g/mol. The van der Waals surface area contributed by atoms with Gasteiger partial charge in [-0.1, -0.05) is 12.8 Å². The average molecular weight is 221 g/mol. The van der Waals surface area contributed by atoms with Crippen molar-refractivity contribution in [2.75, 3.05) is 12.4 Å². The van der Waals surface area contributed by atoms with Crippen LogP contribution in [-0.4, -0.2) is 23.1 Å². The third-order valence-electron chi connectivity index (χ3n) is 2.80. The fourth-order valence-corrected chi connectivity index (χ4v) is 1.88. The van der Waals surface area contributed by atoms with Crippen LogP contribution in [0.4, 0.5) is 5.82 Å². The molecule has 0 amide bonds. The van der Waals surface area contributed by atoms with Crippen molar-refractivity contribution in [1.29, 1.82) is 0 Å². The number of nitrogens with zero attached hydrogens (tertiary/aromatic N) is 2. The maximum Gasteiger partial charge on any atom is 0.218 e. The summed E-state index contributed by atoms with van der Waals surface area (Å²) in [6, 6.07) is 2.31. The van der Waals surface area contributed by atoms with Crippen molar-refractivity contribution in [3.05, 3.63) is 11.9 Å². The van der Waals surface area contributed by atoms with E-state index in [1.54, 1.807) is 7.11 Å². The molecule has 1 fully saturated rings. The Morgan fingerprint density at radius 1 is 1.50 bits per heavy atom. The van der Waals surface area contributed by atoms with Gasteiger partial charge in [0.25, 0.3) is 0 Å². The molecule has 0 saturated heterocycles. The Labute approximate surface area is 96.4 Å². The monoisotopic (exact) mass is 221 g/mol. The number of aryl methyl sites for hydroxylation is 1. The van der Waals surface area contributed by atoms with Gasteiger partial charge in [0.1, 0.15) is 11.6 Å². The number of anilines is 1. The highest BCUT2D eigenvalue weighted by molar-refractivity contribution is 5.39. The zero-order valence-corrected chi connectivity index (χ0v) is 10.2. The first kappa shape index (κ1) is 11.2. The van der Waals surface area contributed by atoms with Crippen molar-refractivity contribution in [2.45, 2.75) is 39.2 Å². The average Bonchev–Trinajstić information content (AvgIpc) is 3.00. The number of aromatic nitrogens is 2. The third-order valence-corrected chi connectivity index (χ3v) is 2.80. The highest BCUT2D eigenvalue weighted by Gasteiger charge is 2.23. The fourth-order valence-electron chi connectivity index (χ4n) is 1.88. The standard InChI is InChI=1S/C12H19N3O/c1-8(6-10-4-5-10)13-11-7-12(16-3)15-9(2)14-11/h7-8,10H,4-6H2,1-3H3,(H,13,14,15). The summed E-state index contributed by atoms with van der Waals surface area (Å²) in [5.41, 5.74) is 0. The topological polar surface area (TPSA) is 47.0 Å². The van der Waals surface area contributed by atoms with E-state index in [2.05, 4.69) is 22.2 Å². The van der Waals surface area contributed by atoms with E-state index in [9.17, 15) is 0 Å². The van der Waals surface area contributed by atoms with Gasteiger partial charge in [-0.3, -0.25) is 0 Å². The van der Waals surface area contributed by atoms with Gasteiger partial charge >= 0.3 is 0 Å². The summed E-state index contributed by atoms with van der Waals surface area (Å²) in [6.45, 7) is 4.07. The lowest BCUT2D eigenvalue weighted by Gasteiger charge is -2.14. The Kier molecular flexibility index (Phi) is 3.27.